The molecule has 30 heavy (non-hydrogen) atoms. The Morgan fingerprint density at radius 3 is 2.27 bits per heavy atom. The number of anilines is 2. The number of hydrogen-bond donors (Lipinski definition) is 1. The summed E-state index contributed by atoms with van der Waals surface area (Å²) in [5.74, 6) is -1.75. The molecule has 3 amide bonds. The van der Waals surface area contributed by atoms with Gasteiger partial charge in [0, 0.05) is 45.5 Å². The molecule has 1 aromatic heterocycles. The van der Waals surface area contributed by atoms with E-state index in [0.29, 0.717) is 39.3 Å². The molecule has 4 rings (SSSR count). The van der Waals surface area contributed by atoms with Crippen molar-refractivity contribution in [3.05, 3.63) is 52.7 Å². The smallest absolute Gasteiger partial charge is 0.321 e. The highest BCUT2D eigenvalue weighted by molar-refractivity contribution is 5.97. The van der Waals surface area contributed by atoms with Gasteiger partial charge in [-0.05, 0) is 37.1 Å². The number of aryl methyl sites for hydroxylation is 2. The van der Waals surface area contributed by atoms with E-state index in [1.54, 1.807) is 6.20 Å². The second-order valence-corrected chi connectivity index (χ2v) is 7.60. The van der Waals surface area contributed by atoms with E-state index < -0.39 is 29.1 Å². The lowest BCUT2D eigenvalue weighted by molar-refractivity contribution is 0.0736. The van der Waals surface area contributed by atoms with Gasteiger partial charge < -0.3 is 15.1 Å². The predicted molar refractivity (Wildman–Crippen MR) is 109 cm³/mol. The fourth-order valence-electron chi connectivity index (χ4n) is 3.96. The lowest BCUT2D eigenvalue weighted by atomic mass is 10.1. The summed E-state index contributed by atoms with van der Waals surface area (Å²) in [6.07, 6.45) is 1.80. The molecule has 158 valence electrons. The average Bonchev–Trinajstić information content (AvgIpc) is 3.13. The van der Waals surface area contributed by atoms with E-state index in [1.165, 1.54) is 9.80 Å². The van der Waals surface area contributed by atoms with E-state index >= 15 is 0 Å². The van der Waals surface area contributed by atoms with Crippen LogP contribution in [-0.4, -0.2) is 61.1 Å². The topological polar surface area (TPSA) is 68.8 Å². The molecule has 7 nitrogen and oxygen atoms in total. The fourth-order valence-corrected chi connectivity index (χ4v) is 3.96. The second kappa shape index (κ2) is 7.89. The SMILES string of the molecule is Cc1cnc(N2CCN(C(=O)c3c(F)cc(N4CCNC4=O)cc3F)CC2)c(C)c1. The van der Waals surface area contributed by atoms with Crippen molar-refractivity contribution < 1.29 is 18.4 Å². The number of piperazine rings is 1. The molecule has 9 heteroatoms. The van der Waals surface area contributed by atoms with Gasteiger partial charge in [-0.25, -0.2) is 18.6 Å². The summed E-state index contributed by atoms with van der Waals surface area (Å²) in [5, 5.41) is 2.58. The predicted octanol–water partition coefficient (Wildman–Crippen LogP) is 2.47. The van der Waals surface area contributed by atoms with Crippen molar-refractivity contribution >= 4 is 23.4 Å². The number of amides is 3. The molecule has 2 aliphatic rings. The average molecular weight is 415 g/mol. The van der Waals surface area contributed by atoms with E-state index in [1.807, 2.05) is 19.9 Å². The summed E-state index contributed by atoms with van der Waals surface area (Å²) in [5.41, 5.74) is 1.64. The van der Waals surface area contributed by atoms with Crippen LogP contribution in [0.1, 0.15) is 21.5 Å². The number of carbonyl (C=O) groups excluding carboxylic acids is 2. The third-order valence-corrected chi connectivity index (χ3v) is 5.46. The van der Waals surface area contributed by atoms with Crippen molar-refractivity contribution in [1.82, 2.24) is 15.2 Å². The van der Waals surface area contributed by atoms with Crippen LogP contribution in [0.15, 0.2) is 24.4 Å². The van der Waals surface area contributed by atoms with E-state index in [0.717, 1.165) is 29.1 Å². The first kappa shape index (κ1) is 20.1. The maximum Gasteiger partial charge on any atom is 0.321 e. The summed E-state index contributed by atoms with van der Waals surface area (Å²) < 4.78 is 29.3. The quantitative estimate of drug-likeness (QED) is 0.836. The number of carbonyl (C=O) groups is 2. The van der Waals surface area contributed by atoms with Gasteiger partial charge in [-0.3, -0.25) is 9.69 Å². The molecule has 2 fully saturated rings. The lowest BCUT2D eigenvalue weighted by Crippen LogP contribution is -2.49. The van der Waals surface area contributed by atoms with Crippen LogP contribution < -0.4 is 15.1 Å². The largest absolute Gasteiger partial charge is 0.353 e. The third-order valence-electron chi connectivity index (χ3n) is 5.46. The van der Waals surface area contributed by atoms with Crippen molar-refractivity contribution in [3.63, 3.8) is 0 Å². The van der Waals surface area contributed by atoms with E-state index in [2.05, 4.69) is 15.2 Å². The maximum absolute atomic E-state index is 14.7. The molecule has 0 bridgehead atoms. The van der Waals surface area contributed by atoms with Crippen molar-refractivity contribution in [1.29, 1.82) is 0 Å². The second-order valence-electron chi connectivity index (χ2n) is 7.60. The molecule has 0 radical (unpaired) electrons. The molecule has 1 N–H and O–H groups in total. The number of hydrogen-bond acceptors (Lipinski definition) is 4. The van der Waals surface area contributed by atoms with Gasteiger partial charge in [-0.15, -0.1) is 0 Å². The third kappa shape index (κ3) is 3.67. The van der Waals surface area contributed by atoms with Gasteiger partial charge in [0.25, 0.3) is 5.91 Å². The zero-order valence-electron chi connectivity index (χ0n) is 16.9. The highest BCUT2D eigenvalue weighted by Crippen LogP contribution is 2.26. The highest BCUT2D eigenvalue weighted by Gasteiger charge is 2.30. The number of benzene rings is 1. The maximum atomic E-state index is 14.7. The van der Waals surface area contributed by atoms with Crippen molar-refractivity contribution in [2.75, 3.05) is 49.1 Å². The Morgan fingerprint density at radius 2 is 1.70 bits per heavy atom. The van der Waals surface area contributed by atoms with Crippen LogP contribution in [0.25, 0.3) is 0 Å². The molecule has 3 heterocycles. The first-order chi connectivity index (χ1) is 14.3. The van der Waals surface area contributed by atoms with Gasteiger partial charge in [0.2, 0.25) is 0 Å². The Morgan fingerprint density at radius 1 is 1.03 bits per heavy atom. The molecule has 0 aliphatic carbocycles. The number of aromatic nitrogens is 1. The summed E-state index contributed by atoms with van der Waals surface area (Å²) in [7, 11) is 0. The Balaban J connectivity index is 1.48. The minimum absolute atomic E-state index is 0.0993. The van der Waals surface area contributed by atoms with Crippen LogP contribution in [0.4, 0.5) is 25.1 Å². The first-order valence-corrected chi connectivity index (χ1v) is 9.87. The summed E-state index contributed by atoms with van der Waals surface area (Å²) in [6.45, 7) is 6.41. The zero-order valence-corrected chi connectivity index (χ0v) is 16.9. The molecule has 0 spiro atoms. The first-order valence-electron chi connectivity index (χ1n) is 9.87. The molecule has 2 aromatic rings. The van der Waals surface area contributed by atoms with Gasteiger partial charge >= 0.3 is 6.03 Å². The van der Waals surface area contributed by atoms with Gasteiger partial charge in [0.05, 0.1) is 5.69 Å². The molecular formula is C21H23F2N5O2. The van der Waals surface area contributed by atoms with Crippen molar-refractivity contribution in [2.45, 2.75) is 13.8 Å². The molecule has 0 unspecified atom stereocenters. The number of rotatable bonds is 3. The molecule has 2 aliphatic heterocycles. The number of nitrogens with one attached hydrogen (secondary N) is 1. The van der Waals surface area contributed by atoms with E-state index in [9.17, 15) is 18.4 Å². The van der Waals surface area contributed by atoms with Gasteiger partial charge in [0.15, 0.2) is 0 Å². The van der Waals surface area contributed by atoms with E-state index in [4.69, 9.17) is 0 Å². The van der Waals surface area contributed by atoms with Gasteiger partial charge in [0.1, 0.15) is 23.0 Å². The Labute approximate surface area is 173 Å². The normalized spacial score (nSPS) is 16.8. The summed E-state index contributed by atoms with van der Waals surface area (Å²) >= 11 is 0. The number of urea groups is 1. The van der Waals surface area contributed by atoms with Crippen molar-refractivity contribution in [2.24, 2.45) is 0 Å². The molecule has 2 saturated heterocycles. The van der Waals surface area contributed by atoms with Crippen LogP contribution in [-0.2, 0) is 0 Å². The van der Waals surface area contributed by atoms with Crippen LogP contribution in [0.2, 0.25) is 0 Å². The van der Waals surface area contributed by atoms with E-state index in [-0.39, 0.29) is 5.69 Å². The van der Waals surface area contributed by atoms with Gasteiger partial charge in [-0.2, -0.15) is 0 Å². The lowest BCUT2D eigenvalue weighted by Gasteiger charge is -2.36. The van der Waals surface area contributed by atoms with Crippen molar-refractivity contribution in [3.8, 4) is 0 Å². The fraction of sp³-hybridized carbons (Fsp3) is 0.381. The summed E-state index contributed by atoms with van der Waals surface area (Å²) in [4.78, 5) is 33.8. The minimum atomic E-state index is -0.965. The van der Waals surface area contributed by atoms with Gasteiger partial charge in [-0.1, -0.05) is 6.07 Å². The standard InChI is InChI=1S/C21H23F2N5O2/c1-13-9-14(2)19(25-12-13)26-5-7-27(8-6-26)20(29)18-16(22)10-15(11-17(18)23)28-4-3-24-21(28)30/h9-12H,3-8H2,1-2H3,(H,24,30). The number of pyridine rings is 1. The van der Waals surface area contributed by atoms with Crippen LogP contribution >= 0.6 is 0 Å². The highest BCUT2D eigenvalue weighted by atomic mass is 19.1. The van der Waals surface area contributed by atoms with Crippen LogP contribution in [0, 0.1) is 25.5 Å². The minimum Gasteiger partial charge on any atom is -0.353 e. The molecule has 1 aromatic carbocycles. The summed E-state index contributed by atoms with van der Waals surface area (Å²) in [6, 6.07) is 3.71. The number of halogens is 2. The van der Waals surface area contributed by atoms with Crippen LogP contribution in [0.3, 0.4) is 0 Å². The van der Waals surface area contributed by atoms with Crippen LogP contribution in [0.5, 0.6) is 0 Å². The Kier molecular flexibility index (Phi) is 5.27. The molecular weight excluding hydrogens is 392 g/mol. The zero-order chi connectivity index (χ0) is 21.4. The number of nitrogens with zero attached hydrogens (tertiary/aromatic N) is 4. The Hall–Kier alpha value is -3.23. The monoisotopic (exact) mass is 415 g/mol. The molecule has 0 saturated carbocycles. The Bertz CT molecular complexity index is 982. The molecule has 0 atom stereocenters.